The van der Waals surface area contributed by atoms with E-state index in [0.717, 1.165) is 17.7 Å². The van der Waals surface area contributed by atoms with Crippen LogP contribution in [0, 0.1) is 0 Å². The molecule has 3 heterocycles. The van der Waals surface area contributed by atoms with Gasteiger partial charge in [0.2, 0.25) is 5.88 Å². The number of pyridine rings is 1. The SMILES string of the molecule is O=c1nc(OCc2ccc(Oc3ccc(Cl)c(CF)c3)cn2)cc2n1CCc1ccccc1-2. The van der Waals surface area contributed by atoms with E-state index < -0.39 is 6.67 Å². The highest BCUT2D eigenvalue weighted by molar-refractivity contribution is 6.31. The Bertz CT molecular complexity index is 1370. The van der Waals surface area contributed by atoms with E-state index in [4.69, 9.17) is 21.1 Å². The predicted molar refractivity (Wildman–Crippen MR) is 123 cm³/mol. The third-order valence-electron chi connectivity index (χ3n) is 5.45. The first-order chi connectivity index (χ1) is 16.1. The quantitative estimate of drug-likeness (QED) is 0.385. The molecule has 6 nitrogen and oxygen atoms in total. The molecule has 0 radical (unpaired) electrons. The van der Waals surface area contributed by atoms with Crippen molar-refractivity contribution >= 4 is 11.6 Å². The molecule has 2 aromatic heterocycles. The van der Waals surface area contributed by atoms with Gasteiger partial charge in [0.15, 0.2) is 0 Å². The fraction of sp³-hybridized carbons (Fsp3) is 0.160. The second-order valence-electron chi connectivity index (χ2n) is 7.58. The number of nitrogens with zero attached hydrogens (tertiary/aromatic N) is 3. The predicted octanol–water partition coefficient (Wildman–Crippen LogP) is 5.36. The van der Waals surface area contributed by atoms with Crippen molar-refractivity contribution in [3.8, 4) is 28.6 Å². The fourth-order valence-corrected chi connectivity index (χ4v) is 3.94. The lowest BCUT2D eigenvalue weighted by molar-refractivity contribution is 0.286. The van der Waals surface area contributed by atoms with Crippen LogP contribution in [0.5, 0.6) is 17.4 Å². The molecule has 8 heteroatoms. The number of fused-ring (bicyclic) bond motifs is 3. The van der Waals surface area contributed by atoms with Crippen LogP contribution in [0.1, 0.15) is 16.8 Å². The summed E-state index contributed by atoms with van der Waals surface area (Å²) in [6.45, 7) is 0.0726. The number of hydrogen-bond donors (Lipinski definition) is 0. The second-order valence-corrected chi connectivity index (χ2v) is 7.99. The molecule has 0 N–H and O–H groups in total. The number of hydrogen-bond acceptors (Lipinski definition) is 5. The van der Waals surface area contributed by atoms with Gasteiger partial charge in [-0.2, -0.15) is 4.98 Å². The van der Waals surface area contributed by atoms with Crippen molar-refractivity contribution in [3.63, 3.8) is 0 Å². The number of aryl methyl sites for hydroxylation is 1. The molecule has 0 atom stereocenters. The summed E-state index contributed by atoms with van der Waals surface area (Å²) in [6.07, 6.45) is 2.35. The molecule has 1 aliphatic heterocycles. The van der Waals surface area contributed by atoms with Gasteiger partial charge >= 0.3 is 5.69 Å². The maximum atomic E-state index is 13.0. The molecule has 4 aromatic rings. The van der Waals surface area contributed by atoms with Crippen LogP contribution < -0.4 is 15.2 Å². The van der Waals surface area contributed by atoms with Gasteiger partial charge in [0.1, 0.15) is 24.8 Å². The summed E-state index contributed by atoms with van der Waals surface area (Å²) in [4.78, 5) is 20.9. The van der Waals surface area contributed by atoms with E-state index in [9.17, 15) is 9.18 Å². The number of benzene rings is 2. The van der Waals surface area contributed by atoms with Gasteiger partial charge < -0.3 is 9.47 Å². The van der Waals surface area contributed by atoms with E-state index in [1.807, 2.05) is 18.2 Å². The Morgan fingerprint density at radius 1 is 1.06 bits per heavy atom. The van der Waals surface area contributed by atoms with Gasteiger partial charge in [-0.15, -0.1) is 0 Å². The Balaban J connectivity index is 1.29. The van der Waals surface area contributed by atoms with Crippen LogP contribution in [0.4, 0.5) is 4.39 Å². The van der Waals surface area contributed by atoms with Crippen LogP contribution in [0.15, 0.2) is 71.7 Å². The molecule has 33 heavy (non-hydrogen) atoms. The summed E-state index contributed by atoms with van der Waals surface area (Å²) in [5.41, 5.74) is 3.70. The highest BCUT2D eigenvalue weighted by Gasteiger charge is 2.18. The van der Waals surface area contributed by atoms with Crippen molar-refractivity contribution in [1.82, 2.24) is 14.5 Å². The number of halogens is 2. The number of ether oxygens (including phenoxy) is 2. The van der Waals surface area contributed by atoms with Crippen LogP contribution in [-0.2, 0) is 26.2 Å². The Morgan fingerprint density at radius 2 is 1.91 bits per heavy atom. The van der Waals surface area contributed by atoms with E-state index in [1.54, 1.807) is 47.2 Å². The highest BCUT2D eigenvalue weighted by Crippen LogP contribution is 2.30. The second kappa shape index (κ2) is 9.03. The Kier molecular flexibility index (Phi) is 5.79. The molecule has 1 aliphatic rings. The van der Waals surface area contributed by atoms with E-state index in [2.05, 4.69) is 16.0 Å². The minimum atomic E-state index is -0.670. The summed E-state index contributed by atoms with van der Waals surface area (Å²) in [5.74, 6) is 1.22. The van der Waals surface area contributed by atoms with Gasteiger partial charge in [0.25, 0.3) is 0 Å². The molecule has 0 aliphatic carbocycles. The normalized spacial score (nSPS) is 12.1. The lowest BCUT2D eigenvalue weighted by Gasteiger charge is -2.21. The van der Waals surface area contributed by atoms with Gasteiger partial charge in [-0.05, 0) is 42.3 Å². The summed E-state index contributed by atoms with van der Waals surface area (Å²) >= 11 is 5.93. The minimum absolute atomic E-state index is 0.144. The molecular formula is C25H19ClFN3O3. The van der Waals surface area contributed by atoms with Crippen molar-refractivity contribution in [3.05, 3.63) is 99.2 Å². The zero-order chi connectivity index (χ0) is 22.8. The molecule has 0 spiro atoms. The van der Waals surface area contributed by atoms with Gasteiger partial charge in [-0.1, -0.05) is 35.9 Å². The van der Waals surface area contributed by atoms with Gasteiger partial charge in [0, 0.05) is 28.8 Å². The Labute approximate surface area is 194 Å². The number of aromatic nitrogens is 3. The third kappa shape index (κ3) is 4.45. The van der Waals surface area contributed by atoms with Gasteiger partial charge in [0.05, 0.1) is 17.6 Å². The monoisotopic (exact) mass is 463 g/mol. The molecule has 166 valence electrons. The summed E-state index contributed by atoms with van der Waals surface area (Å²) in [7, 11) is 0. The van der Waals surface area contributed by atoms with Gasteiger partial charge in [-0.25, -0.2) is 9.18 Å². The van der Waals surface area contributed by atoms with Crippen molar-refractivity contribution in [2.45, 2.75) is 26.2 Å². The van der Waals surface area contributed by atoms with Crippen LogP contribution in [0.2, 0.25) is 5.02 Å². The zero-order valence-electron chi connectivity index (χ0n) is 17.5. The first kappa shape index (κ1) is 21.2. The van der Waals surface area contributed by atoms with E-state index in [0.29, 0.717) is 34.3 Å². The van der Waals surface area contributed by atoms with Crippen LogP contribution in [0.25, 0.3) is 11.3 Å². The standard InChI is InChI=1S/C25H19ClFN3O3/c26-22-8-7-19(11-17(22)13-27)33-20-6-5-18(28-14-20)15-32-24-12-23-21-4-2-1-3-16(21)9-10-30(23)25(31)29-24/h1-8,11-12,14H,9-10,13,15H2. The zero-order valence-corrected chi connectivity index (χ0v) is 18.3. The summed E-state index contributed by atoms with van der Waals surface area (Å²) in [5, 5.41) is 0.356. The van der Waals surface area contributed by atoms with Gasteiger partial charge in [-0.3, -0.25) is 9.55 Å². The Hall–Kier alpha value is -3.71. The molecule has 0 fully saturated rings. The van der Waals surface area contributed by atoms with E-state index in [-0.39, 0.29) is 18.2 Å². The molecule has 0 saturated heterocycles. The number of alkyl halides is 1. The molecular weight excluding hydrogens is 445 g/mol. The average Bonchev–Trinajstić information content (AvgIpc) is 2.84. The smallest absolute Gasteiger partial charge is 0.351 e. The van der Waals surface area contributed by atoms with Crippen LogP contribution in [-0.4, -0.2) is 14.5 Å². The number of rotatable bonds is 6. The first-order valence-corrected chi connectivity index (χ1v) is 10.8. The van der Waals surface area contributed by atoms with Crippen molar-refractivity contribution in [2.24, 2.45) is 0 Å². The average molecular weight is 464 g/mol. The minimum Gasteiger partial charge on any atom is -0.471 e. The fourth-order valence-electron chi connectivity index (χ4n) is 3.78. The first-order valence-electron chi connectivity index (χ1n) is 10.4. The molecule has 0 unspecified atom stereocenters. The van der Waals surface area contributed by atoms with Crippen molar-refractivity contribution in [1.29, 1.82) is 0 Å². The van der Waals surface area contributed by atoms with Crippen LogP contribution >= 0.6 is 11.6 Å². The summed E-state index contributed by atoms with van der Waals surface area (Å²) in [6, 6.07) is 18.1. The Morgan fingerprint density at radius 3 is 2.73 bits per heavy atom. The molecule has 0 bridgehead atoms. The lowest BCUT2D eigenvalue weighted by atomic mass is 9.98. The maximum absolute atomic E-state index is 13.0. The molecule has 0 amide bonds. The van der Waals surface area contributed by atoms with E-state index >= 15 is 0 Å². The van der Waals surface area contributed by atoms with Crippen LogP contribution in [0.3, 0.4) is 0 Å². The third-order valence-corrected chi connectivity index (χ3v) is 5.82. The molecule has 5 rings (SSSR count). The molecule has 2 aromatic carbocycles. The largest absolute Gasteiger partial charge is 0.471 e. The van der Waals surface area contributed by atoms with E-state index in [1.165, 1.54) is 5.56 Å². The topological polar surface area (TPSA) is 66.2 Å². The van der Waals surface area contributed by atoms with Crippen molar-refractivity contribution < 1.29 is 13.9 Å². The maximum Gasteiger partial charge on any atom is 0.351 e. The summed E-state index contributed by atoms with van der Waals surface area (Å²) < 4.78 is 26.1. The lowest BCUT2D eigenvalue weighted by Crippen LogP contribution is -2.28. The van der Waals surface area contributed by atoms with Crippen molar-refractivity contribution in [2.75, 3.05) is 0 Å². The molecule has 0 saturated carbocycles. The highest BCUT2D eigenvalue weighted by atomic mass is 35.5.